The number of aliphatic hydroxyl groups is 1. The maximum absolute atomic E-state index is 12.4. The van der Waals surface area contributed by atoms with E-state index < -0.39 is 6.10 Å². The topological polar surface area (TPSA) is 78.4 Å². The highest BCUT2D eigenvalue weighted by Gasteiger charge is 2.27. The molecule has 3 rings (SSSR count). The summed E-state index contributed by atoms with van der Waals surface area (Å²) >= 11 is 1.56. The molecule has 1 aromatic rings. The third kappa shape index (κ3) is 6.05. The molecular weight excluding hydrogens is 372 g/mol. The molecule has 0 aliphatic heterocycles. The fourth-order valence-electron chi connectivity index (χ4n) is 4.47. The molecule has 0 saturated heterocycles. The molecule has 2 amide bonds. The number of aryl methyl sites for hydroxylation is 1. The van der Waals surface area contributed by atoms with Gasteiger partial charge in [-0.05, 0) is 56.6 Å². The first-order valence-electron chi connectivity index (χ1n) is 10.9. The highest BCUT2D eigenvalue weighted by molar-refractivity contribution is 7.14. The Morgan fingerprint density at radius 3 is 2.29 bits per heavy atom. The molecule has 0 spiro atoms. The molecule has 0 radical (unpaired) electrons. The summed E-state index contributed by atoms with van der Waals surface area (Å²) in [5.41, 5.74) is 0. The Hall–Kier alpha value is -1.40. The summed E-state index contributed by atoms with van der Waals surface area (Å²) in [5, 5.41) is 16.4. The van der Waals surface area contributed by atoms with Crippen LogP contribution in [0.2, 0.25) is 0 Å². The van der Waals surface area contributed by atoms with Crippen molar-refractivity contribution in [2.45, 2.75) is 95.7 Å². The molecule has 1 atom stereocenters. The number of hydrogen-bond donors (Lipinski definition) is 3. The molecule has 2 fully saturated rings. The van der Waals surface area contributed by atoms with Gasteiger partial charge in [0.2, 0.25) is 5.91 Å². The normalized spacial score (nSPS) is 24.5. The lowest BCUT2D eigenvalue weighted by atomic mass is 9.85. The summed E-state index contributed by atoms with van der Waals surface area (Å²) in [6.45, 7) is 2.09. The maximum atomic E-state index is 12.4. The minimum atomic E-state index is -0.882. The van der Waals surface area contributed by atoms with E-state index in [0.29, 0.717) is 12.3 Å². The molecule has 2 aliphatic rings. The van der Waals surface area contributed by atoms with Crippen LogP contribution >= 0.6 is 11.3 Å². The minimum absolute atomic E-state index is 0.0140. The molecule has 0 aromatic carbocycles. The van der Waals surface area contributed by atoms with Crippen LogP contribution in [0.4, 0.5) is 0 Å². The van der Waals surface area contributed by atoms with E-state index in [9.17, 15) is 14.7 Å². The summed E-state index contributed by atoms with van der Waals surface area (Å²) in [6.07, 6.45) is 10.1. The zero-order valence-corrected chi connectivity index (χ0v) is 17.7. The Morgan fingerprint density at radius 1 is 1.04 bits per heavy atom. The van der Waals surface area contributed by atoms with Crippen LogP contribution in [-0.4, -0.2) is 35.1 Å². The van der Waals surface area contributed by atoms with Gasteiger partial charge < -0.3 is 15.7 Å². The van der Waals surface area contributed by atoms with Crippen molar-refractivity contribution in [1.29, 1.82) is 0 Å². The third-order valence-electron chi connectivity index (χ3n) is 6.23. The zero-order valence-electron chi connectivity index (χ0n) is 16.9. The van der Waals surface area contributed by atoms with Gasteiger partial charge in [-0.3, -0.25) is 9.59 Å². The standard InChI is InChI=1S/C22H34N2O3S/c1-2-18-12-13-20(28-18)22(27)24-17-10-8-16(9-11-17)23-21(26)19(25)14-15-6-4-3-5-7-15/h12-13,15-17,19,25H,2-11,14H2,1H3,(H,23,26)(H,24,27). The van der Waals surface area contributed by atoms with Gasteiger partial charge in [0, 0.05) is 17.0 Å². The van der Waals surface area contributed by atoms with E-state index in [1.807, 2.05) is 12.1 Å². The van der Waals surface area contributed by atoms with Crippen molar-refractivity contribution in [2.75, 3.05) is 0 Å². The Kier molecular flexibility index (Phi) is 7.91. The molecule has 2 aliphatic carbocycles. The quantitative estimate of drug-likeness (QED) is 0.644. The summed E-state index contributed by atoms with van der Waals surface area (Å²) in [6, 6.07) is 4.19. The van der Waals surface area contributed by atoms with Crippen molar-refractivity contribution in [1.82, 2.24) is 10.6 Å². The third-order valence-corrected chi connectivity index (χ3v) is 7.46. The highest BCUT2D eigenvalue weighted by atomic mass is 32.1. The van der Waals surface area contributed by atoms with E-state index in [2.05, 4.69) is 17.6 Å². The van der Waals surface area contributed by atoms with E-state index in [-0.39, 0.29) is 23.9 Å². The van der Waals surface area contributed by atoms with Crippen molar-refractivity contribution in [2.24, 2.45) is 5.92 Å². The number of hydrogen-bond acceptors (Lipinski definition) is 4. The number of thiophene rings is 1. The molecule has 0 bridgehead atoms. The Bertz CT molecular complexity index is 646. The lowest BCUT2D eigenvalue weighted by Gasteiger charge is -2.30. The minimum Gasteiger partial charge on any atom is -0.383 e. The first-order valence-corrected chi connectivity index (χ1v) is 11.7. The molecule has 28 heavy (non-hydrogen) atoms. The van der Waals surface area contributed by atoms with E-state index in [1.54, 1.807) is 11.3 Å². The molecule has 3 N–H and O–H groups in total. The zero-order chi connectivity index (χ0) is 19.9. The lowest BCUT2D eigenvalue weighted by molar-refractivity contribution is -0.131. The van der Waals surface area contributed by atoms with Crippen LogP contribution in [0.1, 0.15) is 85.7 Å². The maximum Gasteiger partial charge on any atom is 0.261 e. The van der Waals surface area contributed by atoms with Gasteiger partial charge in [0.15, 0.2) is 0 Å². The van der Waals surface area contributed by atoms with Crippen LogP contribution in [0.15, 0.2) is 12.1 Å². The van der Waals surface area contributed by atoms with Crippen LogP contribution in [0.25, 0.3) is 0 Å². The Labute approximate surface area is 172 Å². The average molecular weight is 407 g/mol. The molecule has 156 valence electrons. The number of aliphatic hydroxyl groups excluding tert-OH is 1. The van der Waals surface area contributed by atoms with E-state index in [1.165, 1.54) is 24.1 Å². The Morgan fingerprint density at radius 2 is 1.68 bits per heavy atom. The predicted octanol–water partition coefficient (Wildman–Crippen LogP) is 3.80. The van der Waals surface area contributed by atoms with Gasteiger partial charge in [0.25, 0.3) is 5.91 Å². The summed E-state index contributed by atoms with van der Waals surface area (Å²) in [5.74, 6) is 0.287. The second-order valence-corrected chi connectivity index (χ2v) is 9.57. The fraction of sp³-hybridized carbons (Fsp3) is 0.727. The number of rotatable bonds is 7. The van der Waals surface area contributed by atoms with Crippen molar-refractivity contribution < 1.29 is 14.7 Å². The molecule has 2 saturated carbocycles. The van der Waals surface area contributed by atoms with Crippen molar-refractivity contribution >= 4 is 23.2 Å². The molecule has 1 unspecified atom stereocenters. The van der Waals surface area contributed by atoms with Gasteiger partial charge in [0.05, 0.1) is 4.88 Å². The van der Waals surface area contributed by atoms with Gasteiger partial charge in [-0.1, -0.05) is 39.0 Å². The van der Waals surface area contributed by atoms with Gasteiger partial charge in [0.1, 0.15) is 6.10 Å². The van der Waals surface area contributed by atoms with Crippen LogP contribution in [0, 0.1) is 5.92 Å². The van der Waals surface area contributed by atoms with Gasteiger partial charge >= 0.3 is 0 Å². The van der Waals surface area contributed by atoms with Gasteiger partial charge in [-0.25, -0.2) is 0 Å². The summed E-state index contributed by atoms with van der Waals surface area (Å²) in [7, 11) is 0. The molecular formula is C22H34N2O3S. The first-order chi connectivity index (χ1) is 13.5. The molecule has 1 heterocycles. The monoisotopic (exact) mass is 406 g/mol. The second-order valence-electron chi connectivity index (χ2n) is 8.41. The van der Waals surface area contributed by atoms with E-state index in [0.717, 1.165) is 49.8 Å². The largest absolute Gasteiger partial charge is 0.383 e. The van der Waals surface area contributed by atoms with Crippen LogP contribution in [0.3, 0.4) is 0 Å². The van der Waals surface area contributed by atoms with Crippen molar-refractivity contribution in [3.05, 3.63) is 21.9 Å². The fourth-order valence-corrected chi connectivity index (χ4v) is 5.32. The second kappa shape index (κ2) is 10.4. The van der Waals surface area contributed by atoms with Gasteiger partial charge in [-0.2, -0.15) is 0 Å². The average Bonchev–Trinajstić information content (AvgIpc) is 3.19. The van der Waals surface area contributed by atoms with E-state index >= 15 is 0 Å². The highest BCUT2D eigenvalue weighted by Crippen LogP contribution is 2.27. The van der Waals surface area contributed by atoms with Crippen molar-refractivity contribution in [3.63, 3.8) is 0 Å². The number of nitrogens with one attached hydrogen (secondary N) is 2. The van der Waals surface area contributed by atoms with Gasteiger partial charge in [-0.15, -0.1) is 11.3 Å². The molecule has 5 nitrogen and oxygen atoms in total. The van der Waals surface area contributed by atoms with Crippen LogP contribution in [0.5, 0.6) is 0 Å². The number of carbonyl (C=O) groups is 2. The summed E-state index contributed by atoms with van der Waals surface area (Å²) < 4.78 is 0. The smallest absolute Gasteiger partial charge is 0.261 e. The van der Waals surface area contributed by atoms with Crippen molar-refractivity contribution in [3.8, 4) is 0 Å². The predicted molar refractivity (Wildman–Crippen MR) is 113 cm³/mol. The molecule has 6 heteroatoms. The Balaban J connectivity index is 1.37. The lowest BCUT2D eigenvalue weighted by Crippen LogP contribution is -2.46. The van der Waals surface area contributed by atoms with Crippen LogP contribution < -0.4 is 10.6 Å². The number of carbonyl (C=O) groups excluding carboxylic acids is 2. The van der Waals surface area contributed by atoms with Crippen LogP contribution in [-0.2, 0) is 11.2 Å². The summed E-state index contributed by atoms with van der Waals surface area (Å²) in [4.78, 5) is 26.7. The van der Waals surface area contributed by atoms with E-state index in [4.69, 9.17) is 0 Å². The molecule has 1 aromatic heterocycles. The number of amides is 2. The first kappa shape index (κ1) is 21.3. The SMILES string of the molecule is CCc1ccc(C(=O)NC2CCC(NC(=O)C(O)CC3CCCCC3)CC2)s1.